The smallest absolute Gasteiger partial charge is 0.317 e. The Morgan fingerprint density at radius 3 is 2.41 bits per heavy atom. The van der Waals surface area contributed by atoms with Crippen molar-refractivity contribution in [3.05, 3.63) is 35.4 Å². The number of hydrogen-bond acceptors (Lipinski definition) is 2. The third kappa shape index (κ3) is 3.55. The number of carbonyl (C=O) groups is 1. The van der Waals surface area contributed by atoms with Crippen LogP contribution < -0.4 is 5.32 Å². The third-order valence-corrected chi connectivity index (χ3v) is 4.21. The number of halogens is 2. The summed E-state index contributed by atoms with van der Waals surface area (Å²) in [5, 5.41) is 12.5. The van der Waals surface area contributed by atoms with Crippen LogP contribution in [-0.4, -0.2) is 34.7 Å². The van der Waals surface area contributed by atoms with Crippen LogP contribution in [0.5, 0.6) is 0 Å². The number of nitrogens with zero attached hydrogens (tertiary/aromatic N) is 1. The van der Waals surface area contributed by atoms with Gasteiger partial charge >= 0.3 is 6.03 Å². The number of urea groups is 1. The monoisotopic (exact) mass is 312 g/mol. The van der Waals surface area contributed by atoms with Crippen molar-refractivity contribution in [1.82, 2.24) is 10.2 Å². The minimum atomic E-state index is -1.42. The van der Waals surface area contributed by atoms with Crippen molar-refractivity contribution in [3.8, 4) is 0 Å². The molecule has 0 saturated carbocycles. The molecule has 122 valence electrons. The second-order valence-corrected chi connectivity index (χ2v) is 5.87. The molecule has 1 fully saturated rings. The van der Waals surface area contributed by atoms with E-state index in [1.165, 1.54) is 6.07 Å². The van der Waals surface area contributed by atoms with E-state index in [1.807, 2.05) is 13.8 Å². The minimum absolute atomic E-state index is 0.117. The van der Waals surface area contributed by atoms with Crippen LogP contribution in [0.4, 0.5) is 13.6 Å². The van der Waals surface area contributed by atoms with Gasteiger partial charge in [0.15, 0.2) is 0 Å². The Balaban J connectivity index is 1.98. The number of rotatable bonds is 3. The van der Waals surface area contributed by atoms with Gasteiger partial charge in [0.05, 0.1) is 5.56 Å². The molecule has 1 aromatic rings. The van der Waals surface area contributed by atoms with Gasteiger partial charge in [-0.05, 0) is 45.2 Å². The van der Waals surface area contributed by atoms with E-state index in [9.17, 15) is 18.7 Å². The zero-order valence-corrected chi connectivity index (χ0v) is 12.9. The van der Waals surface area contributed by atoms with Crippen molar-refractivity contribution in [2.45, 2.75) is 51.3 Å². The molecule has 2 rings (SSSR count). The summed E-state index contributed by atoms with van der Waals surface area (Å²) in [5.41, 5.74) is -0.414. The first-order chi connectivity index (χ1) is 10.4. The second-order valence-electron chi connectivity index (χ2n) is 5.87. The van der Waals surface area contributed by atoms with Crippen molar-refractivity contribution in [3.63, 3.8) is 0 Å². The number of likely N-dealkylation sites (tertiary alicyclic amines) is 1. The van der Waals surface area contributed by atoms with Gasteiger partial charge in [-0.3, -0.25) is 0 Å². The van der Waals surface area contributed by atoms with Gasteiger partial charge < -0.3 is 15.3 Å². The van der Waals surface area contributed by atoms with Crippen molar-refractivity contribution >= 4 is 6.03 Å². The molecule has 2 N–H and O–H groups in total. The molecule has 0 bridgehead atoms. The number of piperidine rings is 1. The van der Waals surface area contributed by atoms with Crippen LogP contribution in [0.1, 0.15) is 44.8 Å². The highest BCUT2D eigenvalue weighted by atomic mass is 19.1. The first kappa shape index (κ1) is 16.7. The molecule has 4 nitrogen and oxygen atoms in total. The molecule has 0 radical (unpaired) electrons. The minimum Gasteiger partial charge on any atom is -0.386 e. The fourth-order valence-electron chi connectivity index (χ4n) is 3.03. The highest BCUT2D eigenvalue weighted by molar-refractivity contribution is 5.75. The van der Waals surface area contributed by atoms with Gasteiger partial charge in [0.1, 0.15) is 17.7 Å². The molecule has 22 heavy (non-hydrogen) atoms. The lowest BCUT2D eigenvalue weighted by molar-refractivity contribution is 0.114. The van der Waals surface area contributed by atoms with E-state index in [0.717, 1.165) is 31.4 Å². The summed E-state index contributed by atoms with van der Waals surface area (Å²) in [6, 6.07) is 3.32. The SMILES string of the molecule is CC1CCCC(C)N1C(=O)NCC(O)c1c(F)cccc1F. The van der Waals surface area contributed by atoms with E-state index in [-0.39, 0.29) is 24.7 Å². The van der Waals surface area contributed by atoms with E-state index >= 15 is 0 Å². The Hall–Kier alpha value is -1.69. The van der Waals surface area contributed by atoms with E-state index in [0.29, 0.717) is 0 Å². The molecule has 2 amide bonds. The van der Waals surface area contributed by atoms with Gasteiger partial charge in [0.2, 0.25) is 0 Å². The Morgan fingerprint density at radius 2 is 1.86 bits per heavy atom. The Kier molecular flexibility index (Phi) is 5.34. The number of hydrogen-bond donors (Lipinski definition) is 2. The van der Waals surface area contributed by atoms with Crippen LogP contribution in [0.3, 0.4) is 0 Å². The fourth-order valence-corrected chi connectivity index (χ4v) is 3.03. The standard InChI is InChI=1S/C16H22F2N2O2/c1-10-5-3-6-11(2)20(10)16(22)19-9-14(21)15-12(17)7-4-8-13(15)18/h4,7-8,10-11,14,21H,3,5-6,9H2,1-2H3,(H,19,22). The Morgan fingerprint density at radius 1 is 1.32 bits per heavy atom. The number of nitrogens with one attached hydrogen (secondary N) is 1. The average Bonchev–Trinajstić information content (AvgIpc) is 2.44. The topological polar surface area (TPSA) is 52.6 Å². The van der Waals surface area contributed by atoms with Gasteiger partial charge in [-0.15, -0.1) is 0 Å². The Bertz CT molecular complexity index is 509. The van der Waals surface area contributed by atoms with E-state index in [1.54, 1.807) is 4.90 Å². The molecule has 1 saturated heterocycles. The van der Waals surface area contributed by atoms with Crippen LogP contribution >= 0.6 is 0 Å². The summed E-state index contributed by atoms with van der Waals surface area (Å²) in [6.07, 6.45) is 1.53. The Labute approximate surface area is 129 Å². The molecule has 1 heterocycles. The van der Waals surface area contributed by atoms with Crippen molar-refractivity contribution < 1.29 is 18.7 Å². The molecule has 0 aromatic heterocycles. The van der Waals surface area contributed by atoms with Crippen LogP contribution in [0, 0.1) is 11.6 Å². The zero-order valence-electron chi connectivity index (χ0n) is 12.9. The molecular formula is C16H22F2N2O2. The van der Waals surface area contributed by atoms with Gasteiger partial charge in [0, 0.05) is 18.6 Å². The normalized spacial score (nSPS) is 23.2. The molecular weight excluding hydrogens is 290 g/mol. The lowest BCUT2D eigenvalue weighted by atomic mass is 9.98. The average molecular weight is 312 g/mol. The van der Waals surface area contributed by atoms with E-state index in [2.05, 4.69) is 5.32 Å². The summed E-state index contributed by atoms with van der Waals surface area (Å²) >= 11 is 0. The summed E-state index contributed by atoms with van der Waals surface area (Å²) < 4.78 is 27.2. The summed E-state index contributed by atoms with van der Waals surface area (Å²) in [7, 11) is 0. The van der Waals surface area contributed by atoms with Crippen molar-refractivity contribution in [1.29, 1.82) is 0 Å². The van der Waals surface area contributed by atoms with E-state index < -0.39 is 23.3 Å². The van der Waals surface area contributed by atoms with E-state index in [4.69, 9.17) is 0 Å². The lowest BCUT2D eigenvalue weighted by Gasteiger charge is -2.39. The van der Waals surface area contributed by atoms with Gasteiger partial charge in [-0.25, -0.2) is 13.6 Å². The van der Waals surface area contributed by atoms with Crippen molar-refractivity contribution in [2.24, 2.45) is 0 Å². The highest BCUT2D eigenvalue weighted by Gasteiger charge is 2.29. The quantitative estimate of drug-likeness (QED) is 0.901. The maximum absolute atomic E-state index is 13.6. The van der Waals surface area contributed by atoms with Gasteiger partial charge in [0.25, 0.3) is 0 Å². The molecule has 1 aliphatic heterocycles. The fraction of sp³-hybridized carbons (Fsp3) is 0.562. The largest absolute Gasteiger partial charge is 0.386 e. The molecule has 0 spiro atoms. The lowest BCUT2D eigenvalue weighted by Crippen LogP contribution is -2.52. The van der Waals surface area contributed by atoms with Crippen LogP contribution in [0.25, 0.3) is 0 Å². The number of amides is 2. The molecule has 0 aliphatic carbocycles. The van der Waals surface area contributed by atoms with Gasteiger partial charge in [-0.1, -0.05) is 6.07 Å². The molecule has 6 heteroatoms. The molecule has 3 unspecified atom stereocenters. The van der Waals surface area contributed by atoms with Crippen LogP contribution in [0.2, 0.25) is 0 Å². The first-order valence-corrected chi connectivity index (χ1v) is 7.60. The summed E-state index contributed by atoms with van der Waals surface area (Å²) in [6.45, 7) is 3.72. The zero-order chi connectivity index (χ0) is 16.3. The first-order valence-electron chi connectivity index (χ1n) is 7.60. The van der Waals surface area contributed by atoms with Gasteiger partial charge in [-0.2, -0.15) is 0 Å². The third-order valence-electron chi connectivity index (χ3n) is 4.21. The summed E-state index contributed by atoms with van der Waals surface area (Å²) in [4.78, 5) is 14.0. The number of aliphatic hydroxyl groups is 1. The molecule has 1 aromatic carbocycles. The van der Waals surface area contributed by atoms with Crippen LogP contribution in [0.15, 0.2) is 18.2 Å². The number of aliphatic hydroxyl groups excluding tert-OH is 1. The second kappa shape index (κ2) is 7.05. The van der Waals surface area contributed by atoms with Crippen molar-refractivity contribution in [2.75, 3.05) is 6.54 Å². The predicted molar refractivity (Wildman–Crippen MR) is 79.3 cm³/mol. The summed E-state index contributed by atoms with van der Waals surface area (Å²) in [5.74, 6) is -1.64. The molecule has 3 atom stereocenters. The van der Waals surface area contributed by atoms with Crippen LogP contribution in [-0.2, 0) is 0 Å². The highest BCUT2D eigenvalue weighted by Crippen LogP contribution is 2.23. The molecule has 1 aliphatic rings. The predicted octanol–water partition coefficient (Wildman–Crippen LogP) is 2.97. The number of benzene rings is 1. The maximum atomic E-state index is 13.6. The maximum Gasteiger partial charge on any atom is 0.317 e. The number of carbonyl (C=O) groups excluding carboxylic acids is 1.